The molecule has 0 amide bonds. The van der Waals surface area contributed by atoms with Crippen LogP contribution in [0.4, 0.5) is 0 Å². The minimum Gasteiger partial charge on any atom is -0.456 e. The Kier molecular flexibility index (Phi) is 4.36. The Hall–Kier alpha value is -1.63. The van der Waals surface area contributed by atoms with E-state index in [0.29, 0.717) is 22.1 Å². The number of nitrogens with zero attached hydrogens (tertiary/aromatic N) is 1. The monoisotopic (exact) mass is 289 g/mol. The molecule has 96 valence electrons. The molecule has 0 saturated carbocycles. The normalized spacial score (nSPS) is 10.0. The highest BCUT2D eigenvalue weighted by atomic mass is 35.5. The number of rotatable bonds is 3. The Labute approximate surface area is 122 Å². The third-order valence-electron chi connectivity index (χ3n) is 2.69. The molecule has 0 fully saturated rings. The molecule has 0 spiro atoms. The van der Waals surface area contributed by atoms with Gasteiger partial charge in [0.05, 0.1) is 0 Å². The van der Waals surface area contributed by atoms with Gasteiger partial charge in [0, 0.05) is 9.92 Å². The lowest BCUT2D eigenvalue weighted by molar-refractivity contribution is 0.476. The van der Waals surface area contributed by atoms with Crippen molar-refractivity contribution in [2.75, 3.05) is 6.26 Å². The van der Waals surface area contributed by atoms with Gasteiger partial charge < -0.3 is 4.74 Å². The van der Waals surface area contributed by atoms with Crippen molar-refractivity contribution in [3.05, 3.63) is 52.5 Å². The molecule has 4 heteroatoms. The fraction of sp³-hybridized carbons (Fsp3) is 0.133. The molecule has 0 aliphatic rings. The molecule has 0 aliphatic heterocycles. The van der Waals surface area contributed by atoms with E-state index in [1.54, 1.807) is 12.1 Å². The third-order valence-corrected chi connectivity index (χ3v) is 3.70. The fourth-order valence-electron chi connectivity index (χ4n) is 1.68. The van der Waals surface area contributed by atoms with E-state index < -0.39 is 0 Å². The number of hydrogen-bond donors (Lipinski definition) is 0. The predicted octanol–water partition coefficient (Wildman–Crippen LogP) is 5.03. The van der Waals surface area contributed by atoms with Gasteiger partial charge in [-0.05, 0) is 43.0 Å². The maximum absolute atomic E-state index is 9.26. The first-order valence-corrected chi connectivity index (χ1v) is 7.27. The molecule has 0 saturated heterocycles. The van der Waals surface area contributed by atoms with E-state index in [1.807, 2.05) is 37.4 Å². The number of nitriles is 1. The summed E-state index contributed by atoms with van der Waals surface area (Å²) in [7, 11) is 0. The second kappa shape index (κ2) is 6.01. The summed E-state index contributed by atoms with van der Waals surface area (Å²) in [5.74, 6) is 1.22. The number of halogens is 1. The van der Waals surface area contributed by atoms with Crippen LogP contribution in [0.2, 0.25) is 5.02 Å². The van der Waals surface area contributed by atoms with Crippen LogP contribution in [-0.4, -0.2) is 6.26 Å². The van der Waals surface area contributed by atoms with Gasteiger partial charge in [-0.1, -0.05) is 23.7 Å². The summed E-state index contributed by atoms with van der Waals surface area (Å²) < 4.78 is 5.83. The van der Waals surface area contributed by atoms with Crippen LogP contribution in [0.15, 0.2) is 41.3 Å². The van der Waals surface area contributed by atoms with Crippen molar-refractivity contribution in [2.45, 2.75) is 11.8 Å². The van der Waals surface area contributed by atoms with Crippen molar-refractivity contribution in [1.29, 1.82) is 5.26 Å². The first kappa shape index (κ1) is 13.8. The summed E-state index contributed by atoms with van der Waals surface area (Å²) >= 11 is 7.49. The first-order valence-electron chi connectivity index (χ1n) is 5.67. The van der Waals surface area contributed by atoms with Gasteiger partial charge >= 0.3 is 0 Å². The molecule has 0 N–H and O–H groups in total. The Balaban J connectivity index is 2.44. The molecule has 19 heavy (non-hydrogen) atoms. The molecule has 2 aromatic carbocycles. The summed E-state index contributed by atoms with van der Waals surface area (Å²) in [6, 6.07) is 13.2. The van der Waals surface area contributed by atoms with Crippen molar-refractivity contribution in [3.8, 4) is 17.6 Å². The predicted molar refractivity (Wildman–Crippen MR) is 79.2 cm³/mol. The second-order valence-electron chi connectivity index (χ2n) is 3.96. The Morgan fingerprint density at radius 3 is 2.68 bits per heavy atom. The van der Waals surface area contributed by atoms with Crippen LogP contribution in [0, 0.1) is 18.3 Å². The van der Waals surface area contributed by atoms with E-state index in [1.165, 1.54) is 11.8 Å². The van der Waals surface area contributed by atoms with E-state index >= 15 is 0 Å². The zero-order valence-electron chi connectivity index (χ0n) is 10.6. The summed E-state index contributed by atoms with van der Waals surface area (Å²) in [6.07, 6.45) is 1.94. The second-order valence-corrected chi connectivity index (χ2v) is 5.24. The molecule has 0 aromatic heterocycles. The Bertz CT molecular complexity index is 649. The summed E-state index contributed by atoms with van der Waals surface area (Å²) in [6.45, 7) is 1.94. The van der Waals surface area contributed by atoms with Gasteiger partial charge in [0.2, 0.25) is 0 Å². The first-order chi connectivity index (χ1) is 9.15. The lowest BCUT2D eigenvalue weighted by Gasteiger charge is -2.11. The van der Waals surface area contributed by atoms with Crippen LogP contribution < -0.4 is 4.74 Å². The number of aryl methyl sites for hydroxylation is 1. The smallest absolute Gasteiger partial charge is 0.146 e. The number of benzene rings is 2. The average Bonchev–Trinajstić information content (AvgIpc) is 2.42. The van der Waals surface area contributed by atoms with Crippen LogP contribution in [0.3, 0.4) is 0 Å². The van der Waals surface area contributed by atoms with E-state index in [4.69, 9.17) is 16.3 Å². The van der Waals surface area contributed by atoms with Crippen LogP contribution in [0.1, 0.15) is 11.1 Å². The molecule has 2 aromatic rings. The van der Waals surface area contributed by atoms with Gasteiger partial charge in [0.15, 0.2) is 0 Å². The molecule has 0 unspecified atom stereocenters. The van der Waals surface area contributed by atoms with Crippen molar-refractivity contribution < 1.29 is 4.74 Å². The highest BCUT2D eigenvalue weighted by Crippen LogP contribution is 2.33. The molecule has 2 rings (SSSR count). The molecule has 0 heterocycles. The topological polar surface area (TPSA) is 33.0 Å². The highest BCUT2D eigenvalue weighted by Gasteiger charge is 2.10. The van der Waals surface area contributed by atoms with E-state index in [0.717, 1.165) is 10.5 Å². The van der Waals surface area contributed by atoms with Crippen molar-refractivity contribution in [2.24, 2.45) is 0 Å². The van der Waals surface area contributed by atoms with Gasteiger partial charge in [-0.3, -0.25) is 0 Å². The molecular formula is C15H12ClNOS. The largest absolute Gasteiger partial charge is 0.456 e. The van der Waals surface area contributed by atoms with Crippen molar-refractivity contribution >= 4 is 23.4 Å². The molecule has 0 aliphatic carbocycles. The minimum absolute atomic E-state index is 0.550. The number of thioether (sulfide) groups is 1. The van der Waals surface area contributed by atoms with Gasteiger partial charge in [-0.15, -0.1) is 11.8 Å². The Morgan fingerprint density at radius 2 is 2.00 bits per heavy atom. The van der Waals surface area contributed by atoms with Crippen molar-refractivity contribution in [1.82, 2.24) is 0 Å². The summed E-state index contributed by atoms with van der Waals surface area (Å²) in [5.41, 5.74) is 1.53. The lowest BCUT2D eigenvalue weighted by atomic mass is 10.2. The van der Waals surface area contributed by atoms with Crippen LogP contribution in [0.5, 0.6) is 11.5 Å². The molecule has 2 nitrogen and oxygen atoms in total. The van der Waals surface area contributed by atoms with Crippen LogP contribution >= 0.6 is 23.4 Å². The maximum Gasteiger partial charge on any atom is 0.146 e. The standard InChI is InChI=1S/C15H12ClNOS/c1-10-6-7-11(16)8-14(10)18-13-4-3-5-15(19-2)12(13)9-17/h3-8H,1-2H3. The van der Waals surface area contributed by atoms with Gasteiger partial charge in [0.1, 0.15) is 23.1 Å². The lowest BCUT2D eigenvalue weighted by Crippen LogP contribution is -1.92. The number of ether oxygens (including phenoxy) is 1. The van der Waals surface area contributed by atoms with Gasteiger partial charge in [-0.25, -0.2) is 0 Å². The average molecular weight is 290 g/mol. The van der Waals surface area contributed by atoms with E-state index in [9.17, 15) is 5.26 Å². The quantitative estimate of drug-likeness (QED) is 0.743. The summed E-state index contributed by atoms with van der Waals surface area (Å²) in [4.78, 5) is 0.902. The van der Waals surface area contributed by atoms with Gasteiger partial charge in [-0.2, -0.15) is 5.26 Å². The highest BCUT2D eigenvalue weighted by molar-refractivity contribution is 7.98. The fourth-order valence-corrected chi connectivity index (χ4v) is 2.41. The molecule has 0 radical (unpaired) electrons. The maximum atomic E-state index is 9.26. The zero-order valence-corrected chi connectivity index (χ0v) is 12.2. The van der Waals surface area contributed by atoms with E-state index in [2.05, 4.69) is 6.07 Å². The summed E-state index contributed by atoms with van der Waals surface area (Å²) in [5, 5.41) is 9.87. The SMILES string of the molecule is CSc1cccc(Oc2cc(Cl)ccc2C)c1C#N. The molecule has 0 bridgehead atoms. The Morgan fingerprint density at radius 1 is 1.21 bits per heavy atom. The zero-order chi connectivity index (χ0) is 13.8. The van der Waals surface area contributed by atoms with Crippen LogP contribution in [0.25, 0.3) is 0 Å². The third kappa shape index (κ3) is 3.04. The number of hydrogen-bond acceptors (Lipinski definition) is 3. The molecular weight excluding hydrogens is 278 g/mol. The van der Waals surface area contributed by atoms with Crippen molar-refractivity contribution in [3.63, 3.8) is 0 Å². The molecule has 0 atom stereocenters. The minimum atomic E-state index is 0.550. The van der Waals surface area contributed by atoms with Gasteiger partial charge in [0.25, 0.3) is 0 Å². The van der Waals surface area contributed by atoms with Crippen LogP contribution in [-0.2, 0) is 0 Å². The van der Waals surface area contributed by atoms with E-state index in [-0.39, 0.29) is 0 Å².